The number of amides is 2. The summed E-state index contributed by atoms with van der Waals surface area (Å²) >= 11 is 5.96. The number of urea groups is 1. The van der Waals surface area contributed by atoms with E-state index in [1.807, 2.05) is 5.32 Å². The molecule has 4 rings (SSSR count). The fourth-order valence-corrected chi connectivity index (χ4v) is 3.40. The van der Waals surface area contributed by atoms with Crippen LogP contribution in [-0.4, -0.2) is 21.0 Å². The maximum atomic E-state index is 13.0. The summed E-state index contributed by atoms with van der Waals surface area (Å²) in [5.41, 5.74) is 3.36. The predicted molar refractivity (Wildman–Crippen MR) is 130 cm³/mol. The molecule has 2 aromatic heterocycles. The Bertz CT molecular complexity index is 1460. The third-order valence-electron chi connectivity index (χ3n) is 4.99. The molecular weight excluding hydrogens is 554 g/mol. The number of ether oxygens (including phenoxy) is 1. The van der Waals surface area contributed by atoms with Gasteiger partial charge in [-0.1, -0.05) is 23.7 Å². The molecule has 0 aliphatic heterocycles. The van der Waals surface area contributed by atoms with Gasteiger partial charge in [0.05, 0.1) is 34.2 Å². The number of nitrogens with zero attached hydrogens (tertiary/aromatic N) is 3. The van der Waals surface area contributed by atoms with E-state index < -0.39 is 35.2 Å². The first-order chi connectivity index (χ1) is 18.3. The number of hydrogen-bond donors (Lipinski definition) is 3. The molecule has 202 valence electrons. The number of alkyl halides is 6. The Labute approximate surface area is 220 Å². The number of hydrogen-bond acceptors (Lipinski definition) is 6. The van der Waals surface area contributed by atoms with E-state index in [0.717, 1.165) is 18.0 Å². The van der Waals surface area contributed by atoms with Crippen LogP contribution in [0.5, 0.6) is 11.8 Å². The van der Waals surface area contributed by atoms with Gasteiger partial charge in [-0.25, -0.2) is 19.7 Å². The molecule has 0 spiro atoms. The zero-order valence-corrected chi connectivity index (χ0v) is 20.0. The van der Waals surface area contributed by atoms with E-state index in [1.54, 1.807) is 30.3 Å². The molecule has 0 aliphatic carbocycles. The summed E-state index contributed by atoms with van der Waals surface area (Å²) in [4.78, 5) is 24.0. The van der Waals surface area contributed by atoms with E-state index in [1.165, 1.54) is 6.20 Å². The van der Waals surface area contributed by atoms with Crippen molar-refractivity contribution in [1.29, 1.82) is 0 Å². The molecule has 0 radical (unpaired) electrons. The molecule has 4 N–H and O–H groups in total. The smallest absolute Gasteiger partial charge is 0.416 e. The second kappa shape index (κ2) is 10.6. The lowest BCUT2D eigenvalue weighted by molar-refractivity contribution is -0.143. The van der Waals surface area contributed by atoms with Crippen molar-refractivity contribution >= 4 is 34.8 Å². The Morgan fingerprint density at radius 2 is 1.36 bits per heavy atom. The number of nitrogens with two attached hydrogens (primary N) is 1. The number of pyridine rings is 1. The van der Waals surface area contributed by atoms with Crippen LogP contribution >= 0.6 is 11.6 Å². The molecule has 0 saturated carbocycles. The Morgan fingerprint density at radius 3 is 1.92 bits per heavy atom. The third kappa shape index (κ3) is 7.04. The van der Waals surface area contributed by atoms with Crippen LogP contribution < -0.4 is 21.1 Å². The minimum atomic E-state index is -5.06. The highest BCUT2D eigenvalue weighted by Gasteiger charge is 2.37. The van der Waals surface area contributed by atoms with Crippen molar-refractivity contribution < 1.29 is 35.9 Å². The molecule has 2 heterocycles. The lowest BCUT2D eigenvalue weighted by atomic mass is 10.1. The maximum absolute atomic E-state index is 13.0. The van der Waals surface area contributed by atoms with Crippen LogP contribution in [0.4, 0.5) is 48.3 Å². The predicted octanol–water partition coefficient (Wildman–Crippen LogP) is 7.25. The van der Waals surface area contributed by atoms with Crippen LogP contribution in [0.25, 0.3) is 11.1 Å². The second-order valence-corrected chi connectivity index (χ2v) is 8.28. The van der Waals surface area contributed by atoms with Gasteiger partial charge in [0.15, 0.2) is 0 Å². The van der Waals surface area contributed by atoms with Crippen LogP contribution in [0, 0.1) is 0 Å². The average Bonchev–Trinajstić information content (AvgIpc) is 2.86. The van der Waals surface area contributed by atoms with Crippen molar-refractivity contribution in [2.75, 3.05) is 16.4 Å². The van der Waals surface area contributed by atoms with Gasteiger partial charge in [0.1, 0.15) is 11.6 Å². The highest BCUT2D eigenvalue weighted by Crippen LogP contribution is 2.37. The fraction of sp³-hybridized carbons (Fsp3) is 0.0833. The zero-order valence-electron chi connectivity index (χ0n) is 19.2. The quantitative estimate of drug-likeness (QED) is 0.218. The summed E-state index contributed by atoms with van der Waals surface area (Å²) in [6.45, 7) is 0. The van der Waals surface area contributed by atoms with Crippen molar-refractivity contribution in [2.45, 2.75) is 12.4 Å². The molecule has 2 amide bonds. The van der Waals surface area contributed by atoms with E-state index in [-0.39, 0.29) is 23.6 Å². The monoisotopic (exact) mass is 568 g/mol. The van der Waals surface area contributed by atoms with Gasteiger partial charge in [-0.3, -0.25) is 0 Å². The molecule has 0 atom stereocenters. The van der Waals surface area contributed by atoms with Crippen LogP contribution in [-0.2, 0) is 12.4 Å². The molecule has 39 heavy (non-hydrogen) atoms. The Kier molecular flexibility index (Phi) is 7.49. The minimum absolute atomic E-state index is 0.0119. The van der Waals surface area contributed by atoms with E-state index in [4.69, 9.17) is 22.1 Å². The van der Waals surface area contributed by atoms with E-state index in [0.29, 0.717) is 28.5 Å². The van der Waals surface area contributed by atoms with Crippen molar-refractivity contribution in [1.82, 2.24) is 15.0 Å². The molecule has 0 aliphatic rings. The van der Waals surface area contributed by atoms with E-state index in [2.05, 4.69) is 20.3 Å². The van der Waals surface area contributed by atoms with Gasteiger partial charge in [-0.05, 0) is 42.0 Å². The van der Waals surface area contributed by atoms with Crippen molar-refractivity contribution in [2.24, 2.45) is 0 Å². The van der Waals surface area contributed by atoms with Crippen molar-refractivity contribution in [3.05, 3.63) is 83.3 Å². The van der Waals surface area contributed by atoms with Gasteiger partial charge < -0.3 is 21.1 Å². The summed E-state index contributed by atoms with van der Waals surface area (Å²) in [7, 11) is 0. The van der Waals surface area contributed by atoms with Crippen molar-refractivity contribution in [3.8, 4) is 22.9 Å². The second-order valence-electron chi connectivity index (χ2n) is 7.84. The minimum Gasteiger partial charge on any atom is -0.424 e. The molecule has 0 unspecified atom stereocenters. The molecule has 2 aromatic carbocycles. The fourth-order valence-electron chi connectivity index (χ4n) is 3.24. The largest absolute Gasteiger partial charge is 0.424 e. The lowest BCUT2D eigenvalue weighted by Gasteiger charge is -2.15. The van der Waals surface area contributed by atoms with Gasteiger partial charge >= 0.3 is 24.4 Å². The summed E-state index contributed by atoms with van der Waals surface area (Å²) in [5, 5.41) is 4.56. The number of carbonyl (C=O) groups is 1. The number of anilines is 3. The summed E-state index contributed by atoms with van der Waals surface area (Å²) in [6, 6.07) is 7.78. The number of nitrogen functional groups attached to an aromatic ring is 1. The summed E-state index contributed by atoms with van der Waals surface area (Å²) in [6.07, 6.45) is -6.44. The van der Waals surface area contributed by atoms with Crippen LogP contribution in [0.15, 0.2) is 67.1 Å². The number of nitrogens with one attached hydrogen (secondary N) is 2. The van der Waals surface area contributed by atoms with Crippen LogP contribution in [0.2, 0.25) is 5.02 Å². The SMILES string of the molecule is Nc1ncc(Cl)cc1-c1ccc(Oc2ncc(NC(=O)Nc3cc(C(F)(F)F)cc(C(F)(F)F)c3)cn2)cc1. The zero-order chi connectivity index (χ0) is 28.4. The first-order valence-corrected chi connectivity index (χ1v) is 11.0. The van der Waals surface area contributed by atoms with Crippen molar-refractivity contribution in [3.63, 3.8) is 0 Å². The normalized spacial score (nSPS) is 11.7. The number of carbonyl (C=O) groups excluding carboxylic acids is 1. The third-order valence-corrected chi connectivity index (χ3v) is 5.20. The number of halogens is 7. The Hall–Kier alpha value is -4.59. The van der Waals surface area contributed by atoms with E-state index in [9.17, 15) is 31.1 Å². The maximum Gasteiger partial charge on any atom is 0.416 e. The van der Waals surface area contributed by atoms with E-state index >= 15 is 0 Å². The topological polar surface area (TPSA) is 115 Å². The standard InChI is InChI=1S/C24H15ClF6N6O2/c25-15-8-19(20(32)33-9-15)12-1-3-18(4-2-12)39-22-34-10-17(11-35-22)37-21(38)36-16-6-13(23(26,27)28)5-14(7-16)24(29,30)31/h1-11H,(H2,32,33)(H2,36,37,38). The van der Waals surface area contributed by atoms with Gasteiger partial charge in [0, 0.05) is 17.4 Å². The molecule has 0 fully saturated rings. The lowest BCUT2D eigenvalue weighted by Crippen LogP contribution is -2.21. The Morgan fingerprint density at radius 1 is 0.795 bits per heavy atom. The average molecular weight is 569 g/mol. The van der Waals surface area contributed by atoms with Gasteiger partial charge in [-0.2, -0.15) is 26.3 Å². The summed E-state index contributed by atoms with van der Waals surface area (Å²) in [5.74, 6) is 0.646. The number of benzene rings is 2. The highest BCUT2D eigenvalue weighted by atomic mass is 35.5. The Balaban J connectivity index is 1.40. The van der Waals surface area contributed by atoms with Crippen LogP contribution in [0.3, 0.4) is 0 Å². The van der Waals surface area contributed by atoms with Gasteiger partial charge in [0.2, 0.25) is 0 Å². The number of rotatable bonds is 5. The number of aromatic nitrogens is 3. The summed E-state index contributed by atoms with van der Waals surface area (Å²) < 4.78 is 83.6. The molecule has 0 saturated heterocycles. The molecule has 0 bridgehead atoms. The molecular formula is C24H15ClF6N6O2. The van der Waals surface area contributed by atoms with Gasteiger partial charge in [0.25, 0.3) is 0 Å². The molecule has 15 heteroatoms. The molecule has 8 nitrogen and oxygen atoms in total. The first kappa shape index (κ1) is 27.4. The first-order valence-electron chi connectivity index (χ1n) is 10.7. The van der Waals surface area contributed by atoms with Crippen LogP contribution in [0.1, 0.15) is 11.1 Å². The van der Waals surface area contributed by atoms with Gasteiger partial charge in [-0.15, -0.1) is 0 Å². The molecule has 4 aromatic rings. The highest BCUT2D eigenvalue weighted by molar-refractivity contribution is 6.30.